The van der Waals surface area contributed by atoms with Crippen molar-refractivity contribution in [3.63, 3.8) is 0 Å². The summed E-state index contributed by atoms with van der Waals surface area (Å²) < 4.78 is 1.96. The van der Waals surface area contributed by atoms with Crippen molar-refractivity contribution in [3.05, 3.63) is 24.2 Å². The van der Waals surface area contributed by atoms with Crippen LogP contribution in [0.3, 0.4) is 0 Å². The molecule has 0 bridgehead atoms. The summed E-state index contributed by atoms with van der Waals surface area (Å²) in [6.45, 7) is 5.82. The van der Waals surface area contributed by atoms with Gasteiger partial charge in [-0.15, -0.1) is 0 Å². The van der Waals surface area contributed by atoms with Crippen LogP contribution in [0.5, 0.6) is 0 Å². The minimum Gasteiger partial charge on any atom is -0.341 e. The smallest absolute Gasteiger partial charge is 0.225 e. The van der Waals surface area contributed by atoms with E-state index in [9.17, 15) is 0 Å². The van der Waals surface area contributed by atoms with Crippen molar-refractivity contribution in [2.75, 3.05) is 37.6 Å². The van der Waals surface area contributed by atoms with Gasteiger partial charge in [0.2, 0.25) is 5.95 Å². The molecule has 6 heteroatoms. The fraction of sp³-hybridized carbons (Fsp3) is 0.667. The maximum absolute atomic E-state index is 4.92. The van der Waals surface area contributed by atoms with Gasteiger partial charge in [-0.25, -0.2) is 9.97 Å². The van der Waals surface area contributed by atoms with Crippen LogP contribution in [0, 0.1) is 5.92 Å². The van der Waals surface area contributed by atoms with Gasteiger partial charge in [-0.2, -0.15) is 5.10 Å². The van der Waals surface area contributed by atoms with Crippen LogP contribution in [0.1, 0.15) is 50.1 Å². The Balaban J connectivity index is 1.41. The van der Waals surface area contributed by atoms with Gasteiger partial charge < -0.3 is 9.80 Å². The third kappa shape index (κ3) is 3.72. The van der Waals surface area contributed by atoms with Gasteiger partial charge in [0.05, 0.1) is 11.4 Å². The fourth-order valence-corrected chi connectivity index (χ4v) is 4.68. The molecule has 1 atom stereocenters. The highest BCUT2D eigenvalue weighted by molar-refractivity contribution is 5.63. The highest BCUT2D eigenvalue weighted by atomic mass is 15.3. The lowest BCUT2D eigenvalue weighted by molar-refractivity contribution is 0.198. The Labute approximate surface area is 161 Å². The Morgan fingerprint density at radius 1 is 1.07 bits per heavy atom. The first kappa shape index (κ1) is 17.2. The quantitative estimate of drug-likeness (QED) is 0.814. The molecule has 5 rings (SSSR count). The Hall–Kier alpha value is -1.95. The Morgan fingerprint density at radius 3 is 2.74 bits per heavy atom. The van der Waals surface area contributed by atoms with Crippen molar-refractivity contribution >= 4 is 5.95 Å². The first-order valence-corrected chi connectivity index (χ1v) is 10.6. The zero-order chi connectivity index (χ0) is 18.2. The zero-order valence-corrected chi connectivity index (χ0v) is 16.3. The largest absolute Gasteiger partial charge is 0.341 e. The fourth-order valence-electron chi connectivity index (χ4n) is 4.68. The van der Waals surface area contributed by atoms with Crippen LogP contribution in [-0.2, 0) is 7.05 Å². The number of piperidine rings is 1. The summed E-state index contributed by atoms with van der Waals surface area (Å²) >= 11 is 0. The maximum Gasteiger partial charge on any atom is 0.225 e. The van der Waals surface area contributed by atoms with E-state index < -0.39 is 0 Å². The monoisotopic (exact) mass is 366 g/mol. The van der Waals surface area contributed by atoms with E-state index in [-0.39, 0.29) is 0 Å². The van der Waals surface area contributed by atoms with Gasteiger partial charge >= 0.3 is 0 Å². The molecule has 0 radical (unpaired) electrons. The molecule has 6 nitrogen and oxygen atoms in total. The lowest BCUT2D eigenvalue weighted by Gasteiger charge is -2.32. The van der Waals surface area contributed by atoms with E-state index in [0.29, 0.717) is 5.92 Å². The van der Waals surface area contributed by atoms with E-state index in [2.05, 4.69) is 21.0 Å². The standard InChI is InChI=1S/C21H30N6/c1-25-15-18(19-8-9-22-21(23-19)27-11-2-3-12-27)20(24-25)17-5-4-10-26(14-17)13-16-6-7-16/h8-9,15-17H,2-7,10-14H2,1H3/t17-/m1/s1. The summed E-state index contributed by atoms with van der Waals surface area (Å²) in [5, 5.41) is 4.88. The van der Waals surface area contributed by atoms with Gasteiger partial charge in [0, 0.05) is 57.1 Å². The third-order valence-electron chi connectivity index (χ3n) is 6.27. The van der Waals surface area contributed by atoms with Gasteiger partial charge in [0.25, 0.3) is 0 Å². The number of rotatable bonds is 5. The van der Waals surface area contributed by atoms with Crippen LogP contribution in [0.2, 0.25) is 0 Å². The normalized spacial score (nSPS) is 23.9. The van der Waals surface area contributed by atoms with Gasteiger partial charge in [-0.05, 0) is 57.1 Å². The topological polar surface area (TPSA) is 50.1 Å². The summed E-state index contributed by atoms with van der Waals surface area (Å²) in [5.41, 5.74) is 3.44. The summed E-state index contributed by atoms with van der Waals surface area (Å²) in [7, 11) is 2.03. The first-order valence-electron chi connectivity index (χ1n) is 10.6. The van der Waals surface area contributed by atoms with Gasteiger partial charge in [0.1, 0.15) is 0 Å². The second-order valence-electron chi connectivity index (χ2n) is 8.58. The molecule has 0 amide bonds. The minimum absolute atomic E-state index is 0.513. The molecule has 1 aliphatic carbocycles. The van der Waals surface area contributed by atoms with E-state index in [4.69, 9.17) is 10.1 Å². The molecule has 0 aromatic carbocycles. The first-order chi connectivity index (χ1) is 13.3. The molecule has 2 aliphatic heterocycles. The molecule has 2 saturated heterocycles. The van der Waals surface area contributed by atoms with Crippen LogP contribution in [0.25, 0.3) is 11.3 Å². The Bertz CT molecular complexity index is 790. The number of aryl methyl sites for hydroxylation is 1. The van der Waals surface area contributed by atoms with E-state index in [1.807, 2.05) is 24.0 Å². The lowest BCUT2D eigenvalue weighted by Crippen LogP contribution is -2.36. The molecule has 0 N–H and O–H groups in total. The molecule has 2 aromatic rings. The lowest BCUT2D eigenvalue weighted by atomic mass is 9.91. The summed E-state index contributed by atoms with van der Waals surface area (Å²) in [4.78, 5) is 14.4. The van der Waals surface area contributed by atoms with Crippen molar-refractivity contribution in [2.45, 2.75) is 44.4 Å². The van der Waals surface area contributed by atoms with Crippen molar-refractivity contribution < 1.29 is 0 Å². The maximum atomic E-state index is 4.92. The van der Waals surface area contributed by atoms with Crippen LogP contribution in [-0.4, -0.2) is 57.4 Å². The van der Waals surface area contributed by atoms with Crippen molar-refractivity contribution in [2.24, 2.45) is 13.0 Å². The molecule has 2 aromatic heterocycles. The molecule has 3 fully saturated rings. The molecule has 0 unspecified atom stereocenters. The third-order valence-corrected chi connectivity index (χ3v) is 6.27. The van der Waals surface area contributed by atoms with E-state index in [1.165, 1.54) is 62.9 Å². The SMILES string of the molecule is Cn1cc(-c2ccnc(N3CCCC3)n2)c([C@@H]2CCCN(CC3CC3)C2)n1. The minimum atomic E-state index is 0.513. The number of aromatic nitrogens is 4. The molecule has 3 aliphatic rings. The highest BCUT2D eigenvalue weighted by Gasteiger charge is 2.30. The highest BCUT2D eigenvalue weighted by Crippen LogP contribution is 2.36. The van der Waals surface area contributed by atoms with E-state index in [0.717, 1.165) is 37.2 Å². The van der Waals surface area contributed by atoms with Crippen molar-refractivity contribution in [1.82, 2.24) is 24.6 Å². The number of hydrogen-bond donors (Lipinski definition) is 0. The molecular weight excluding hydrogens is 336 g/mol. The van der Waals surface area contributed by atoms with Crippen LogP contribution >= 0.6 is 0 Å². The molecule has 4 heterocycles. The van der Waals surface area contributed by atoms with Crippen LogP contribution in [0.4, 0.5) is 5.95 Å². The van der Waals surface area contributed by atoms with Crippen molar-refractivity contribution in [3.8, 4) is 11.3 Å². The second kappa shape index (κ2) is 7.23. The van der Waals surface area contributed by atoms with E-state index >= 15 is 0 Å². The molecule has 144 valence electrons. The van der Waals surface area contributed by atoms with Gasteiger partial charge in [0.15, 0.2) is 0 Å². The predicted molar refractivity (Wildman–Crippen MR) is 107 cm³/mol. The van der Waals surface area contributed by atoms with Crippen molar-refractivity contribution in [1.29, 1.82) is 0 Å². The average molecular weight is 367 g/mol. The summed E-state index contributed by atoms with van der Waals surface area (Å²) in [6.07, 6.45) is 11.9. The van der Waals surface area contributed by atoms with Gasteiger partial charge in [-0.3, -0.25) is 4.68 Å². The Morgan fingerprint density at radius 2 is 1.93 bits per heavy atom. The number of hydrogen-bond acceptors (Lipinski definition) is 5. The second-order valence-corrected chi connectivity index (χ2v) is 8.58. The predicted octanol–water partition coefficient (Wildman–Crippen LogP) is 3.07. The number of nitrogens with zero attached hydrogens (tertiary/aromatic N) is 6. The summed E-state index contributed by atoms with van der Waals surface area (Å²) in [5.74, 6) is 2.34. The average Bonchev–Trinajstić information content (AvgIpc) is 3.19. The van der Waals surface area contributed by atoms with Gasteiger partial charge in [-0.1, -0.05) is 0 Å². The summed E-state index contributed by atoms with van der Waals surface area (Å²) in [6, 6.07) is 2.05. The van der Waals surface area contributed by atoms with Crippen LogP contribution < -0.4 is 4.90 Å². The van der Waals surface area contributed by atoms with Crippen LogP contribution in [0.15, 0.2) is 18.5 Å². The van der Waals surface area contributed by atoms with E-state index in [1.54, 1.807) is 0 Å². The molecule has 1 saturated carbocycles. The molecular formula is C21H30N6. The number of likely N-dealkylation sites (tertiary alicyclic amines) is 1. The molecule has 27 heavy (non-hydrogen) atoms. The molecule has 0 spiro atoms. The Kier molecular flexibility index (Phi) is 4.60. The number of anilines is 1. The zero-order valence-electron chi connectivity index (χ0n) is 16.3.